The smallest absolute Gasteiger partial charge is 0.392 e. The van der Waals surface area contributed by atoms with Gasteiger partial charge >= 0.3 is 6.18 Å². The Labute approximate surface area is 114 Å². The second kappa shape index (κ2) is 5.64. The van der Waals surface area contributed by atoms with Crippen LogP contribution >= 0.6 is 0 Å². The largest absolute Gasteiger partial charge is 0.416 e. The lowest BCUT2D eigenvalue weighted by Gasteiger charge is -2.15. The first-order chi connectivity index (χ1) is 9.43. The number of rotatable bonds is 3. The summed E-state index contributed by atoms with van der Waals surface area (Å²) in [4.78, 5) is 0. The van der Waals surface area contributed by atoms with Crippen LogP contribution in [0.25, 0.3) is 0 Å². The second-order valence-electron chi connectivity index (χ2n) is 4.38. The molecule has 0 aliphatic rings. The summed E-state index contributed by atoms with van der Waals surface area (Å²) in [6.07, 6.45) is -5.47. The van der Waals surface area contributed by atoms with Crippen LogP contribution in [0.3, 0.4) is 0 Å². The molecule has 0 fully saturated rings. The van der Waals surface area contributed by atoms with E-state index in [2.05, 4.69) is 0 Å². The van der Waals surface area contributed by atoms with Crippen molar-refractivity contribution in [1.82, 2.24) is 0 Å². The SMILES string of the molecule is OCc1ccccc1C(O)c1ccc(C(F)(F)F)cc1. The lowest BCUT2D eigenvalue weighted by Crippen LogP contribution is -2.07. The minimum atomic E-state index is -4.40. The molecule has 2 rings (SSSR count). The monoisotopic (exact) mass is 282 g/mol. The summed E-state index contributed by atoms with van der Waals surface area (Å²) in [6.45, 7) is -0.242. The molecule has 1 atom stereocenters. The third-order valence-electron chi connectivity index (χ3n) is 3.07. The fourth-order valence-electron chi connectivity index (χ4n) is 1.98. The average molecular weight is 282 g/mol. The van der Waals surface area contributed by atoms with Crippen molar-refractivity contribution in [2.45, 2.75) is 18.9 Å². The lowest BCUT2D eigenvalue weighted by atomic mass is 9.96. The van der Waals surface area contributed by atoms with Crippen LogP contribution in [-0.4, -0.2) is 10.2 Å². The summed E-state index contributed by atoms with van der Waals surface area (Å²) >= 11 is 0. The van der Waals surface area contributed by atoms with E-state index in [0.717, 1.165) is 12.1 Å². The van der Waals surface area contributed by atoms with Crippen molar-refractivity contribution in [2.75, 3.05) is 0 Å². The Morgan fingerprint density at radius 3 is 2.10 bits per heavy atom. The third-order valence-corrected chi connectivity index (χ3v) is 3.07. The first kappa shape index (κ1) is 14.6. The van der Waals surface area contributed by atoms with Gasteiger partial charge in [0.1, 0.15) is 6.10 Å². The summed E-state index contributed by atoms with van der Waals surface area (Å²) in [7, 11) is 0. The van der Waals surface area contributed by atoms with E-state index in [9.17, 15) is 23.4 Å². The molecule has 0 spiro atoms. The molecule has 20 heavy (non-hydrogen) atoms. The average Bonchev–Trinajstić information content (AvgIpc) is 2.45. The molecule has 0 aliphatic carbocycles. The van der Waals surface area contributed by atoms with Crippen LogP contribution in [0.2, 0.25) is 0 Å². The number of halogens is 3. The molecule has 1 unspecified atom stereocenters. The number of hydrogen-bond acceptors (Lipinski definition) is 2. The third kappa shape index (κ3) is 3.00. The van der Waals surface area contributed by atoms with Crippen LogP contribution in [0.5, 0.6) is 0 Å². The zero-order valence-corrected chi connectivity index (χ0v) is 10.4. The Morgan fingerprint density at radius 2 is 1.55 bits per heavy atom. The Hall–Kier alpha value is -1.85. The molecule has 0 aliphatic heterocycles. The highest BCUT2D eigenvalue weighted by Gasteiger charge is 2.30. The van der Waals surface area contributed by atoms with Gasteiger partial charge in [-0.05, 0) is 28.8 Å². The van der Waals surface area contributed by atoms with Crippen LogP contribution in [-0.2, 0) is 12.8 Å². The molecule has 2 nitrogen and oxygen atoms in total. The highest BCUT2D eigenvalue weighted by molar-refractivity contribution is 5.36. The minimum absolute atomic E-state index is 0.242. The Bertz CT molecular complexity index is 576. The Balaban J connectivity index is 2.32. The van der Waals surface area contributed by atoms with Crippen molar-refractivity contribution in [3.05, 3.63) is 70.8 Å². The van der Waals surface area contributed by atoms with E-state index in [1.807, 2.05) is 0 Å². The number of aliphatic hydroxyl groups excluding tert-OH is 2. The summed E-state index contributed by atoms with van der Waals surface area (Å²) < 4.78 is 37.4. The molecule has 0 radical (unpaired) electrons. The van der Waals surface area contributed by atoms with E-state index in [1.165, 1.54) is 12.1 Å². The molecule has 0 bridgehead atoms. The van der Waals surface area contributed by atoms with Gasteiger partial charge in [-0.25, -0.2) is 0 Å². The van der Waals surface area contributed by atoms with Crippen molar-refractivity contribution in [1.29, 1.82) is 0 Å². The number of benzene rings is 2. The molecule has 0 saturated heterocycles. The summed E-state index contributed by atoms with van der Waals surface area (Å²) in [5, 5.41) is 19.4. The maximum Gasteiger partial charge on any atom is 0.416 e. The zero-order valence-electron chi connectivity index (χ0n) is 10.4. The quantitative estimate of drug-likeness (QED) is 0.907. The van der Waals surface area contributed by atoms with Gasteiger partial charge in [-0.1, -0.05) is 36.4 Å². The number of alkyl halides is 3. The summed E-state index contributed by atoms with van der Waals surface area (Å²) in [6, 6.07) is 11.0. The van der Waals surface area contributed by atoms with Crippen LogP contribution in [0, 0.1) is 0 Å². The molecule has 5 heteroatoms. The van der Waals surface area contributed by atoms with Gasteiger partial charge in [0, 0.05) is 0 Å². The van der Waals surface area contributed by atoms with Gasteiger partial charge in [0.25, 0.3) is 0 Å². The molecule has 2 aromatic rings. The van der Waals surface area contributed by atoms with E-state index >= 15 is 0 Å². The minimum Gasteiger partial charge on any atom is -0.392 e. The van der Waals surface area contributed by atoms with Crippen LogP contribution < -0.4 is 0 Å². The molecule has 0 aromatic heterocycles. The Kier molecular flexibility index (Phi) is 4.11. The maximum absolute atomic E-state index is 12.5. The molecule has 0 saturated carbocycles. The summed E-state index contributed by atoms with van der Waals surface area (Å²) in [5.41, 5.74) is 0.609. The van der Waals surface area contributed by atoms with Crippen molar-refractivity contribution in [3.8, 4) is 0 Å². The predicted molar refractivity (Wildman–Crippen MR) is 67.9 cm³/mol. The van der Waals surface area contributed by atoms with Gasteiger partial charge in [-0.3, -0.25) is 0 Å². The molecule has 2 aromatic carbocycles. The number of hydrogen-bond donors (Lipinski definition) is 2. The lowest BCUT2D eigenvalue weighted by molar-refractivity contribution is -0.137. The highest BCUT2D eigenvalue weighted by Crippen LogP contribution is 2.31. The molecular formula is C15H13F3O2. The van der Waals surface area contributed by atoms with Crippen LogP contribution in [0.15, 0.2) is 48.5 Å². The van der Waals surface area contributed by atoms with Gasteiger partial charge < -0.3 is 10.2 Å². The van der Waals surface area contributed by atoms with Crippen molar-refractivity contribution >= 4 is 0 Å². The first-order valence-electron chi connectivity index (χ1n) is 5.97. The predicted octanol–water partition coefficient (Wildman–Crippen LogP) is 3.28. The molecular weight excluding hydrogens is 269 g/mol. The van der Waals surface area contributed by atoms with E-state index in [0.29, 0.717) is 16.7 Å². The van der Waals surface area contributed by atoms with Crippen LogP contribution in [0.1, 0.15) is 28.4 Å². The molecule has 0 heterocycles. The maximum atomic E-state index is 12.5. The fraction of sp³-hybridized carbons (Fsp3) is 0.200. The van der Waals surface area contributed by atoms with Crippen molar-refractivity contribution in [2.24, 2.45) is 0 Å². The van der Waals surface area contributed by atoms with Gasteiger partial charge in [0.2, 0.25) is 0 Å². The van der Waals surface area contributed by atoms with E-state index in [-0.39, 0.29) is 6.61 Å². The van der Waals surface area contributed by atoms with Gasteiger partial charge in [0.05, 0.1) is 12.2 Å². The van der Waals surface area contributed by atoms with E-state index in [4.69, 9.17) is 0 Å². The van der Waals surface area contributed by atoms with Crippen molar-refractivity contribution < 1.29 is 23.4 Å². The van der Waals surface area contributed by atoms with Gasteiger partial charge in [0.15, 0.2) is 0 Å². The van der Waals surface area contributed by atoms with Crippen molar-refractivity contribution in [3.63, 3.8) is 0 Å². The van der Waals surface area contributed by atoms with Gasteiger partial charge in [-0.2, -0.15) is 13.2 Å². The molecule has 2 N–H and O–H groups in total. The molecule has 0 amide bonds. The topological polar surface area (TPSA) is 40.5 Å². The molecule has 106 valence electrons. The zero-order chi connectivity index (χ0) is 14.8. The van der Waals surface area contributed by atoms with Gasteiger partial charge in [-0.15, -0.1) is 0 Å². The van der Waals surface area contributed by atoms with Crippen LogP contribution in [0.4, 0.5) is 13.2 Å². The standard InChI is InChI=1S/C15H13F3O2/c16-15(17,18)12-7-5-10(6-8-12)14(20)13-4-2-1-3-11(13)9-19/h1-8,14,19-20H,9H2. The Morgan fingerprint density at radius 1 is 0.950 bits per heavy atom. The summed E-state index contributed by atoms with van der Waals surface area (Å²) in [5.74, 6) is 0. The first-order valence-corrected chi connectivity index (χ1v) is 5.97. The van der Waals surface area contributed by atoms with E-state index < -0.39 is 17.8 Å². The van der Waals surface area contributed by atoms with E-state index in [1.54, 1.807) is 24.3 Å². The normalized spacial score (nSPS) is 13.2. The number of aliphatic hydroxyl groups is 2. The highest BCUT2D eigenvalue weighted by atomic mass is 19.4. The second-order valence-corrected chi connectivity index (χ2v) is 4.38. The fourth-order valence-corrected chi connectivity index (χ4v) is 1.98.